The molecular weight excluding hydrogens is 202 g/mol. The Morgan fingerprint density at radius 3 is 2.64 bits per heavy atom. The summed E-state index contributed by atoms with van der Waals surface area (Å²) in [6, 6.07) is 4.81. The van der Waals surface area contributed by atoms with E-state index in [0.717, 1.165) is 5.56 Å². The van der Waals surface area contributed by atoms with Gasteiger partial charge in [0.25, 0.3) is 5.69 Å². The van der Waals surface area contributed by atoms with Crippen LogP contribution < -0.4 is 0 Å². The minimum atomic E-state index is -0.385. The average molecular weight is 214 g/mol. The lowest BCUT2D eigenvalue weighted by molar-refractivity contribution is -0.385. The lowest BCUT2D eigenvalue weighted by atomic mass is 10.0. The third-order valence-electron chi connectivity index (χ3n) is 1.87. The minimum absolute atomic E-state index is 0.117. The zero-order valence-corrected chi connectivity index (χ0v) is 8.91. The first kappa shape index (κ1) is 11.0. The summed E-state index contributed by atoms with van der Waals surface area (Å²) < 4.78 is 0. The number of hydrogen-bond acceptors (Lipinski definition) is 2. The van der Waals surface area contributed by atoms with Crippen molar-refractivity contribution in [3.63, 3.8) is 0 Å². The minimum Gasteiger partial charge on any atom is -0.258 e. The van der Waals surface area contributed by atoms with Crippen LogP contribution in [0.1, 0.15) is 19.4 Å². The fourth-order valence-electron chi connectivity index (χ4n) is 1.32. The zero-order valence-electron chi connectivity index (χ0n) is 8.16. The maximum Gasteiger partial charge on any atom is 0.274 e. The highest BCUT2D eigenvalue weighted by atomic mass is 35.5. The van der Waals surface area contributed by atoms with Gasteiger partial charge in [0, 0.05) is 16.7 Å². The summed E-state index contributed by atoms with van der Waals surface area (Å²) in [6.45, 7) is 4.05. The molecule has 1 aromatic carbocycles. The van der Waals surface area contributed by atoms with Gasteiger partial charge in [-0.25, -0.2) is 0 Å². The van der Waals surface area contributed by atoms with Crippen molar-refractivity contribution < 1.29 is 4.92 Å². The Balaban J connectivity index is 3.08. The molecule has 1 rings (SSSR count). The highest BCUT2D eigenvalue weighted by molar-refractivity contribution is 6.30. The first-order valence-corrected chi connectivity index (χ1v) is 4.81. The van der Waals surface area contributed by atoms with Crippen LogP contribution in [-0.2, 0) is 6.42 Å². The number of rotatable bonds is 3. The number of nitro benzene ring substituents is 1. The molecule has 3 nitrogen and oxygen atoms in total. The summed E-state index contributed by atoms with van der Waals surface area (Å²) in [7, 11) is 0. The van der Waals surface area contributed by atoms with E-state index in [0.29, 0.717) is 17.4 Å². The summed E-state index contributed by atoms with van der Waals surface area (Å²) >= 11 is 5.69. The van der Waals surface area contributed by atoms with Crippen molar-refractivity contribution >= 4 is 17.3 Å². The SMILES string of the molecule is CC(C)Cc1ccc(Cl)cc1[N+](=O)[O-]. The molecule has 1 aromatic rings. The number of hydrogen-bond donors (Lipinski definition) is 0. The molecule has 0 saturated heterocycles. The normalized spacial score (nSPS) is 10.6. The first-order valence-electron chi connectivity index (χ1n) is 4.43. The number of halogens is 1. The molecule has 0 heterocycles. The molecule has 0 fully saturated rings. The second-order valence-corrected chi connectivity index (χ2v) is 4.06. The standard InChI is InChI=1S/C10H12ClNO2/c1-7(2)5-8-3-4-9(11)6-10(8)12(13)14/h3-4,6-7H,5H2,1-2H3. The second kappa shape index (κ2) is 4.42. The van der Waals surface area contributed by atoms with Gasteiger partial charge in [-0.1, -0.05) is 31.5 Å². The fourth-order valence-corrected chi connectivity index (χ4v) is 1.49. The summed E-state index contributed by atoms with van der Waals surface area (Å²) in [5.41, 5.74) is 0.862. The van der Waals surface area contributed by atoms with E-state index in [1.807, 2.05) is 13.8 Å². The predicted molar refractivity (Wildman–Crippen MR) is 56.6 cm³/mol. The van der Waals surface area contributed by atoms with Crippen molar-refractivity contribution in [2.24, 2.45) is 5.92 Å². The van der Waals surface area contributed by atoms with Gasteiger partial charge in [-0.2, -0.15) is 0 Å². The van der Waals surface area contributed by atoms with Gasteiger partial charge in [-0.15, -0.1) is 0 Å². The fraction of sp³-hybridized carbons (Fsp3) is 0.400. The van der Waals surface area contributed by atoms with Crippen molar-refractivity contribution in [2.75, 3.05) is 0 Å². The number of benzene rings is 1. The Labute approximate surface area is 87.8 Å². The van der Waals surface area contributed by atoms with Gasteiger partial charge in [0.1, 0.15) is 0 Å². The van der Waals surface area contributed by atoms with Crippen LogP contribution in [0.3, 0.4) is 0 Å². The molecule has 0 amide bonds. The highest BCUT2D eigenvalue weighted by Crippen LogP contribution is 2.25. The van der Waals surface area contributed by atoms with E-state index in [2.05, 4.69) is 0 Å². The largest absolute Gasteiger partial charge is 0.274 e. The van der Waals surface area contributed by atoms with Crippen molar-refractivity contribution in [1.29, 1.82) is 0 Å². The van der Waals surface area contributed by atoms with Crippen LogP contribution in [0, 0.1) is 16.0 Å². The van der Waals surface area contributed by atoms with E-state index >= 15 is 0 Å². The molecule has 0 atom stereocenters. The van der Waals surface area contributed by atoms with Crippen LogP contribution in [0.15, 0.2) is 18.2 Å². The number of nitrogens with zero attached hydrogens (tertiary/aromatic N) is 1. The molecule has 0 saturated carbocycles. The third-order valence-corrected chi connectivity index (χ3v) is 2.11. The molecule has 0 aromatic heterocycles. The van der Waals surface area contributed by atoms with E-state index in [-0.39, 0.29) is 10.6 Å². The van der Waals surface area contributed by atoms with E-state index in [9.17, 15) is 10.1 Å². The van der Waals surface area contributed by atoms with E-state index in [1.165, 1.54) is 6.07 Å². The monoisotopic (exact) mass is 213 g/mol. The zero-order chi connectivity index (χ0) is 10.7. The van der Waals surface area contributed by atoms with Gasteiger partial charge in [0.15, 0.2) is 0 Å². The van der Waals surface area contributed by atoms with E-state index in [1.54, 1.807) is 12.1 Å². The highest BCUT2D eigenvalue weighted by Gasteiger charge is 2.14. The lowest BCUT2D eigenvalue weighted by Crippen LogP contribution is -1.99. The molecule has 0 N–H and O–H groups in total. The molecule has 0 bridgehead atoms. The summed E-state index contributed by atoms with van der Waals surface area (Å²) in [4.78, 5) is 10.3. The van der Waals surface area contributed by atoms with Crippen LogP contribution in [0.25, 0.3) is 0 Å². The third kappa shape index (κ3) is 2.70. The Morgan fingerprint density at radius 2 is 2.14 bits per heavy atom. The first-order chi connectivity index (χ1) is 6.50. The van der Waals surface area contributed by atoms with Crippen molar-refractivity contribution in [1.82, 2.24) is 0 Å². The smallest absolute Gasteiger partial charge is 0.258 e. The Bertz CT molecular complexity index is 350. The van der Waals surface area contributed by atoms with Gasteiger partial charge in [0.05, 0.1) is 4.92 Å². The van der Waals surface area contributed by atoms with Crippen LogP contribution in [0.5, 0.6) is 0 Å². The molecule has 4 heteroatoms. The molecular formula is C10H12ClNO2. The van der Waals surface area contributed by atoms with Gasteiger partial charge < -0.3 is 0 Å². The molecule has 0 aliphatic carbocycles. The lowest BCUT2D eigenvalue weighted by Gasteiger charge is -2.05. The van der Waals surface area contributed by atoms with Crippen molar-refractivity contribution in [3.05, 3.63) is 38.9 Å². The van der Waals surface area contributed by atoms with Gasteiger partial charge in [-0.05, 0) is 18.4 Å². The Kier molecular flexibility index (Phi) is 3.47. The molecule has 14 heavy (non-hydrogen) atoms. The van der Waals surface area contributed by atoms with Crippen LogP contribution in [0.4, 0.5) is 5.69 Å². The van der Waals surface area contributed by atoms with Crippen molar-refractivity contribution in [3.8, 4) is 0 Å². The van der Waals surface area contributed by atoms with E-state index < -0.39 is 0 Å². The van der Waals surface area contributed by atoms with Crippen molar-refractivity contribution in [2.45, 2.75) is 20.3 Å². The van der Waals surface area contributed by atoms with Crippen LogP contribution in [0.2, 0.25) is 5.02 Å². The molecule has 0 unspecified atom stereocenters. The molecule has 0 radical (unpaired) electrons. The Morgan fingerprint density at radius 1 is 1.50 bits per heavy atom. The molecule has 0 aliphatic rings. The topological polar surface area (TPSA) is 43.1 Å². The maximum atomic E-state index is 10.7. The van der Waals surface area contributed by atoms with E-state index in [4.69, 9.17) is 11.6 Å². The molecule has 76 valence electrons. The summed E-state index contributed by atoms with van der Waals surface area (Å²) in [5.74, 6) is 0.398. The van der Waals surface area contributed by atoms with Gasteiger partial charge in [0.2, 0.25) is 0 Å². The maximum absolute atomic E-state index is 10.7. The quantitative estimate of drug-likeness (QED) is 0.570. The van der Waals surface area contributed by atoms with Crippen LogP contribution >= 0.6 is 11.6 Å². The Hall–Kier alpha value is -1.09. The predicted octanol–water partition coefficient (Wildman–Crippen LogP) is 3.45. The summed E-state index contributed by atoms with van der Waals surface area (Å²) in [6.07, 6.45) is 0.702. The molecule has 0 aliphatic heterocycles. The summed E-state index contributed by atoms with van der Waals surface area (Å²) in [5, 5.41) is 11.1. The number of nitro groups is 1. The van der Waals surface area contributed by atoms with Crippen LogP contribution in [-0.4, -0.2) is 4.92 Å². The molecule has 0 spiro atoms. The second-order valence-electron chi connectivity index (χ2n) is 3.63. The van der Waals surface area contributed by atoms with Gasteiger partial charge >= 0.3 is 0 Å². The average Bonchev–Trinajstić information content (AvgIpc) is 2.07. The van der Waals surface area contributed by atoms with Gasteiger partial charge in [-0.3, -0.25) is 10.1 Å².